The molecule has 0 aliphatic carbocycles. The Hall–Kier alpha value is -3.42. The van der Waals surface area contributed by atoms with E-state index >= 15 is 0 Å². The van der Waals surface area contributed by atoms with Crippen molar-refractivity contribution < 1.29 is 28.9 Å². The van der Waals surface area contributed by atoms with Gasteiger partial charge in [0.1, 0.15) is 18.5 Å². The number of hydrogen-bond acceptors (Lipinski definition) is 6. The van der Waals surface area contributed by atoms with Crippen LogP contribution in [-0.4, -0.2) is 54.5 Å². The first kappa shape index (κ1) is 25.2. The quantitative estimate of drug-likeness (QED) is 0.400. The van der Waals surface area contributed by atoms with E-state index in [1.165, 1.54) is 6.08 Å². The van der Waals surface area contributed by atoms with E-state index in [-0.39, 0.29) is 18.1 Å². The summed E-state index contributed by atoms with van der Waals surface area (Å²) in [5.41, 5.74) is 1.93. The number of nitrogens with zero attached hydrogens (tertiary/aromatic N) is 1. The van der Waals surface area contributed by atoms with Gasteiger partial charge < -0.3 is 19.3 Å². The van der Waals surface area contributed by atoms with Crippen molar-refractivity contribution in [3.8, 4) is 5.75 Å². The van der Waals surface area contributed by atoms with Gasteiger partial charge >= 0.3 is 6.09 Å². The van der Waals surface area contributed by atoms with Crippen LogP contribution in [0.2, 0.25) is 0 Å². The first-order chi connectivity index (χ1) is 16.4. The van der Waals surface area contributed by atoms with E-state index in [1.807, 2.05) is 61.5 Å². The lowest BCUT2D eigenvalue weighted by atomic mass is 10.0. The second kappa shape index (κ2) is 12.2. The van der Waals surface area contributed by atoms with E-state index in [2.05, 4.69) is 6.58 Å². The third kappa shape index (κ3) is 6.79. The van der Waals surface area contributed by atoms with Gasteiger partial charge in [0.05, 0.1) is 26.4 Å². The standard InChI is InChI=1S/C27H31NO6/c1-19(16-33-17-22-10-12-24(32-3)13-11-22)9-14-25(29)20(2)26(30)28-23(18-34-27(28)31)15-21-7-5-4-6-8-21/h4-14,19,23,25,29H,2,15-18H2,1,3H3/t19-,23+,25-/m1/s1. The molecule has 1 heterocycles. The zero-order valence-corrected chi connectivity index (χ0v) is 19.6. The van der Waals surface area contributed by atoms with Gasteiger partial charge in [-0.2, -0.15) is 0 Å². The first-order valence-corrected chi connectivity index (χ1v) is 11.2. The molecule has 0 unspecified atom stereocenters. The number of cyclic esters (lactones) is 1. The minimum atomic E-state index is -1.22. The molecule has 0 aromatic heterocycles. The molecule has 1 N–H and O–H groups in total. The number of methoxy groups -OCH3 is 1. The van der Waals surface area contributed by atoms with E-state index < -0.39 is 24.1 Å². The summed E-state index contributed by atoms with van der Waals surface area (Å²) in [4.78, 5) is 26.2. The van der Waals surface area contributed by atoms with Crippen LogP contribution in [0.3, 0.4) is 0 Å². The molecule has 1 fully saturated rings. The first-order valence-electron chi connectivity index (χ1n) is 11.2. The lowest BCUT2D eigenvalue weighted by Gasteiger charge is -2.22. The Balaban J connectivity index is 1.49. The molecule has 180 valence electrons. The average molecular weight is 466 g/mol. The summed E-state index contributed by atoms with van der Waals surface area (Å²) in [5, 5.41) is 10.5. The van der Waals surface area contributed by atoms with Crippen molar-refractivity contribution in [3.63, 3.8) is 0 Å². The molecule has 0 bridgehead atoms. The Morgan fingerprint density at radius 3 is 2.56 bits per heavy atom. The van der Waals surface area contributed by atoms with Crippen molar-refractivity contribution in [3.05, 3.63) is 90.0 Å². The van der Waals surface area contributed by atoms with Crippen LogP contribution < -0.4 is 4.74 Å². The number of carbonyl (C=O) groups is 2. The van der Waals surface area contributed by atoms with Crippen molar-refractivity contribution in [2.45, 2.75) is 32.1 Å². The monoisotopic (exact) mass is 465 g/mol. The smallest absolute Gasteiger partial charge is 0.417 e. The minimum absolute atomic E-state index is 0.00150. The highest BCUT2D eigenvalue weighted by atomic mass is 16.6. The summed E-state index contributed by atoms with van der Waals surface area (Å²) in [6.07, 6.45) is 1.79. The highest BCUT2D eigenvalue weighted by molar-refractivity contribution is 6.03. The van der Waals surface area contributed by atoms with Crippen molar-refractivity contribution >= 4 is 12.0 Å². The highest BCUT2D eigenvalue weighted by Crippen LogP contribution is 2.21. The van der Waals surface area contributed by atoms with Gasteiger partial charge in [0.15, 0.2) is 0 Å². The van der Waals surface area contributed by atoms with Crippen molar-refractivity contribution in [2.75, 3.05) is 20.3 Å². The molecular weight excluding hydrogens is 434 g/mol. The Bertz CT molecular complexity index is 1000. The minimum Gasteiger partial charge on any atom is -0.497 e. The highest BCUT2D eigenvalue weighted by Gasteiger charge is 2.39. The summed E-state index contributed by atoms with van der Waals surface area (Å²) in [6, 6.07) is 16.7. The maximum atomic E-state index is 12.9. The topological polar surface area (TPSA) is 85.3 Å². The predicted molar refractivity (Wildman–Crippen MR) is 128 cm³/mol. The maximum absolute atomic E-state index is 12.9. The number of aliphatic hydroxyl groups excluding tert-OH is 1. The SMILES string of the molecule is C=C(C(=O)N1C(=O)OC[C@@H]1Cc1ccccc1)[C@H](O)C=C[C@@H](C)COCc1ccc(OC)cc1. The van der Waals surface area contributed by atoms with Crippen molar-refractivity contribution in [1.82, 2.24) is 4.90 Å². The Labute approximate surface area is 200 Å². The van der Waals surface area contributed by atoms with Crippen LogP contribution in [0.1, 0.15) is 18.1 Å². The van der Waals surface area contributed by atoms with Gasteiger partial charge in [0.2, 0.25) is 0 Å². The van der Waals surface area contributed by atoms with Gasteiger partial charge in [0, 0.05) is 5.57 Å². The van der Waals surface area contributed by atoms with Gasteiger partial charge in [-0.15, -0.1) is 0 Å². The maximum Gasteiger partial charge on any atom is 0.417 e. The van der Waals surface area contributed by atoms with Gasteiger partial charge in [0.25, 0.3) is 5.91 Å². The summed E-state index contributed by atoms with van der Waals surface area (Å²) >= 11 is 0. The molecule has 2 amide bonds. The largest absolute Gasteiger partial charge is 0.497 e. The summed E-state index contributed by atoms with van der Waals surface area (Å²) in [6.45, 7) is 6.67. The Kier molecular flexibility index (Phi) is 9.01. The normalized spacial score (nSPS) is 17.4. The number of imide groups is 1. The lowest BCUT2D eigenvalue weighted by molar-refractivity contribution is -0.125. The van der Waals surface area contributed by atoms with Gasteiger partial charge in [-0.1, -0.05) is 68.1 Å². The Morgan fingerprint density at radius 1 is 1.18 bits per heavy atom. The molecule has 34 heavy (non-hydrogen) atoms. The molecule has 7 heteroatoms. The van der Waals surface area contributed by atoms with Crippen LogP contribution in [0.5, 0.6) is 5.75 Å². The molecule has 0 radical (unpaired) electrons. The van der Waals surface area contributed by atoms with Crippen LogP contribution in [-0.2, 0) is 27.3 Å². The van der Waals surface area contributed by atoms with Crippen LogP contribution in [0, 0.1) is 5.92 Å². The van der Waals surface area contributed by atoms with Crippen LogP contribution >= 0.6 is 0 Å². The fourth-order valence-electron chi connectivity index (χ4n) is 3.58. The summed E-state index contributed by atoms with van der Waals surface area (Å²) in [5.74, 6) is 0.153. The van der Waals surface area contributed by atoms with Crippen LogP contribution in [0.4, 0.5) is 4.79 Å². The van der Waals surface area contributed by atoms with E-state index in [1.54, 1.807) is 13.2 Å². The molecule has 3 atom stereocenters. The fraction of sp³-hybridized carbons (Fsp3) is 0.333. The number of ether oxygens (including phenoxy) is 3. The van der Waals surface area contributed by atoms with Crippen molar-refractivity contribution in [2.24, 2.45) is 5.92 Å². The second-order valence-electron chi connectivity index (χ2n) is 8.29. The molecular formula is C27H31NO6. The van der Waals surface area contributed by atoms with Crippen LogP contribution in [0.15, 0.2) is 78.9 Å². The molecule has 1 aliphatic heterocycles. The third-order valence-electron chi connectivity index (χ3n) is 5.56. The number of benzene rings is 2. The van der Waals surface area contributed by atoms with E-state index in [4.69, 9.17) is 14.2 Å². The second-order valence-corrected chi connectivity index (χ2v) is 8.29. The average Bonchev–Trinajstić information content (AvgIpc) is 3.22. The summed E-state index contributed by atoms with van der Waals surface area (Å²) < 4.78 is 16.0. The van der Waals surface area contributed by atoms with Crippen LogP contribution in [0.25, 0.3) is 0 Å². The third-order valence-corrected chi connectivity index (χ3v) is 5.56. The number of aliphatic hydroxyl groups is 1. The van der Waals surface area contributed by atoms with Crippen molar-refractivity contribution in [1.29, 1.82) is 0 Å². The molecule has 2 aromatic rings. The zero-order chi connectivity index (χ0) is 24.5. The molecule has 0 spiro atoms. The molecule has 1 aliphatic rings. The molecule has 2 aromatic carbocycles. The number of carbonyl (C=O) groups excluding carboxylic acids is 2. The van der Waals surface area contributed by atoms with E-state index in [9.17, 15) is 14.7 Å². The number of rotatable bonds is 11. The van der Waals surface area contributed by atoms with Gasteiger partial charge in [-0.3, -0.25) is 4.79 Å². The predicted octanol–water partition coefficient (Wildman–Crippen LogP) is 3.91. The number of amides is 2. The van der Waals surface area contributed by atoms with Gasteiger partial charge in [-0.05, 0) is 35.6 Å². The molecule has 3 rings (SSSR count). The van der Waals surface area contributed by atoms with Gasteiger partial charge in [-0.25, -0.2) is 9.69 Å². The molecule has 7 nitrogen and oxygen atoms in total. The van der Waals surface area contributed by atoms with E-state index in [0.717, 1.165) is 21.8 Å². The summed E-state index contributed by atoms with van der Waals surface area (Å²) in [7, 11) is 1.62. The fourth-order valence-corrected chi connectivity index (χ4v) is 3.58. The molecule has 1 saturated heterocycles. The Morgan fingerprint density at radius 2 is 1.88 bits per heavy atom. The van der Waals surface area contributed by atoms with E-state index in [0.29, 0.717) is 19.6 Å². The zero-order valence-electron chi connectivity index (χ0n) is 19.6. The molecule has 0 saturated carbocycles. The lowest BCUT2D eigenvalue weighted by Crippen LogP contribution is -2.42. The number of hydrogen-bond donors (Lipinski definition) is 1.